The van der Waals surface area contributed by atoms with Gasteiger partial charge in [0.1, 0.15) is 0 Å². The fourth-order valence-corrected chi connectivity index (χ4v) is 2.16. The maximum absolute atomic E-state index is 11.7. The lowest BCUT2D eigenvalue weighted by molar-refractivity contribution is -0.164. The molecule has 0 N–H and O–H groups in total. The van der Waals surface area contributed by atoms with E-state index in [4.69, 9.17) is 0 Å². The van der Waals surface area contributed by atoms with Gasteiger partial charge in [0.15, 0.2) is 5.92 Å². The van der Waals surface area contributed by atoms with Gasteiger partial charge >= 0.3 is 17.9 Å². The van der Waals surface area contributed by atoms with Gasteiger partial charge in [0.05, 0.1) is 20.8 Å². The van der Waals surface area contributed by atoms with Crippen LogP contribution < -0.4 is 0 Å². The number of carbonyl (C=O) groups excluding carboxylic acids is 4. The van der Waals surface area contributed by atoms with Crippen LogP contribution in [0.4, 0.5) is 0 Å². The minimum absolute atomic E-state index is 0.0923. The first kappa shape index (κ1) is 16.1. The van der Waals surface area contributed by atoms with Crippen LogP contribution in [0.15, 0.2) is 0 Å². The monoisotopic (exact) mass is 286 g/mol. The molecule has 1 aliphatic carbocycles. The van der Waals surface area contributed by atoms with Gasteiger partial charge in [-0.3, -0.25) is 14.4 Å². The number of ether oxygens (including phenoxy) is 3. The van der Waals surface area contributed by atoms with Crippen LogP contribution in [0.25, 0.3) is 0 Å². The highest BCUT2D eigenvalue weighted by Crippen LogP contribution is 2.55. The maximum Gasteiger partial charge on any atom is 0.374 e. The van der Waals surface area contributed by atoms with E-state index in [2.05, 4.69) is 14.2 Å². The summed E-state index contributed by atoms with van der Waals surface area (Å²) < 4.78 is 13.8. The van der Waals surface area contributed by atoms with Crippen molar-refractivity contribution in [3.63, 3.8) is 0 Å². The number of Topliss-reactive ketones (excluding diaryl/α,β-unsaturated/α-hetero) is 1. The van der Waals surface area contributed by atoms with E-state index < -0.39 is 35.0 Å². The third-order valence-corrected chi connectivity index (χ3v) is 3.39. The molecule has 0 aromatic rings. The molecule has 0 bridgehead atoms. The van der Waals surface area contributed by atoms with Crippen molar-refractivity contribution in [1.82, 2.24) is 0 Å². The third kappa shape index (κ3) is 3.34. The zero-order valence-electron chi connectivity index (χ0n) is 11.8. The molecular formula is C13H18O7. The molecule has 0 saturated heterocycles. The minimum atomic E-state index is -1.18. The summed E-state index contributed by atoms with van der Waals surface area (Å²) in [4.78, 5) is 46.5. The van der Waals surface area contributed by atoms with Gasteiger partial charge in [-0.2, -0.15) is 0 Å². The molecule has 1 fully saturated rings. The van der Waals surface area contributed by atoms with Crippen molar-refractivity contribution in [3.8, 4) is 0 Å². The molecular weight excluding hydrogens is 268 g/mol. The number of rotatable bonds is 7. The minimum Gasteiger partial charge on any atom is -0.468 e. The van der Waals surface area contributed by atoms with E-state index in [1.54, 1.807) is 6.92 Å². The van der Waals surface area contributed by atoms with Gasteiger partial charge in [-0.15, -0.1) is 0 Å². The molecule has 0 radical (unpaired) electrons. The van der Waals surface area contributed by atoms with E-state index >= 15 is 0 Å². The molecule has 7 heteroatoms. The normalized spacial score (nSPS) is 15.4. The molecule has 1 saturated carbocycles. The van der Waals surface area contributed by atoms with E-state index in [1.165, 1.54) is 0 Å². The maximum atomic E-state index is 11.7. The van der Waals surface area contributed by atoms with Crippen molar-refractivity contribution in [1.29, 1.82) is 0 Å². The lowest BCUT2D eigenvalue weighted by atomic mass is 9.84. The van der Waals surface area contributed by atoms with Crippen molar-refractivity contribution in [2.24, 2.45) is 11.3 Å². The van der Waals surface area contributed by atoms with E-state index in [9.17, 15) is 19.2 Å². The van der Waals surface area contributed by atoms with Crippen molar-refractivity contribution in [3.05, 3.63) is 0 Å². The summed E-state index contributed by atoms with van der Waals surface area (Å²) in [5, 5.41) is 0. The third-order valence-electron chi connectivity index (χ3n) is 3.39. The summed E-state index contributed by atoms with van der Waals surface area (Å²) in [6.07, 6.45) is 0.737. The number of ketones is 1. The molecule has 7 nitrogen and oxygen atoms in total. The lowest BCUT2D eigenvalue weighted by Crippen LogP contribution is -2.37. The second kappa shape index (κ2) is 6.49. The molecule has 0 spiro atoms. The van der Waals surface area contributed by atoms with Crippen LogP contribution in [-0.4, -0.2) is 44.5 Å². The Balaban J connectivity index is 2.85. The van der Waals surface area contributed by atoms with Gasteiger partial charge < -0.3 is 14.2 Å². The molecule has 112 valence electrons. The van der Waals surface area contributed by atoms with E-state index in [0.29, 0.717) is 12.8 Å². The number of hydrogen-bond acceptors (Lipinski definition) is 7. The van der Waals surface area contributed by atoms with Crippen LogP contribution in [-0.2, 0) is 33.4 Å². The van der Waals surface area contributed by atoms with Crippen LogP contribution >= 0.6 is 0 Å². The van der Waals surface area contributed by atoms with Crippen molar-refractivity contribution < 1.29 is 33.4 Å². The molecule has 1 aliphatic rings. The van der Waals surface area contributed by atoms with Crippen LogP contribution in [0, 0.1) is 11.3 Å². The average Bonchev–Trinajstić information content (AvgIpc) is 3.18. The molecule has 0 amide bonds. The van der Waals surface area contributed by atoms with Crippen LogP contribution in [0.3, 0.4) is 0 Å². The standard InChI is InChI=1S/C13H18O7/c1-4-20-10(15)8(14)7-13(5-6-13)9(11(16)18-2)12(17)19-3/h9H,4-7H2,1-3H3. The van der Waals surface area contributed by atoms with Gasteiger partial charge in [-0.1, -0.05) is 0 Å². The number of esters is 3. The summed E-state index contributed by atoms with van der Waals surface area (Å²) in [6, 6.07) is 0. The predicted octanol–water partition coefficient (Wildman–Crippen LogP) is 0.251. The van der Waals surface area contributed by atoms with Gasteiger partial charge in [-0.25, -0.2) is 4.79 Å². The fraction of sp³-hybridized carbons (Fsp3) is 0.692. The smallest absolute Gasteiger partial charge is 0.374 e. The number of hydrogen-bond donors (Lipinski definition) is 0. The lowest BCUT2D eigenvalue weighted by Gasteiger charge is -2.21. The molecule has 0 heterocycles. The van der Waals surface area contributed by atoms with E-state index in [-0.39, 0.29) is 13.0 Å². The van der Waals surface area contributed by atoms with Gasteiger partial charge in [0, 0.05) is 11.8 Å². The van der Waals surface area contributed by atoms with Gasteiger partial charge in [0.25, 0.3) is 0 Å². The molecule has 0 atom stereocenters. The molecule has 0 aliphatic heterocycles. The Labute approximate surface area is 116 Å². The summed E-state index contributed by atoms with van der Waals surface area (Å²) in [5.74, 6) is -4.40. The van der Waals surface area contributed by atoms with Crippen molar-refractivity contribution in [2.45, 2.75) is 26.2 Å². The first-order valence-electron chi connectivity index (χ1n) is 6.27. The number of carbonyl (C=O) groups is 4. The Morgan fingerprint density at radius 2 is 1.55 bits per heavy atom. The predicted molar refractivity (Wildman–Crippen MR) is 65.4 cm³/mol. The van der Waals surface area contributed by atoms with Crippen molar-refractivity contribution >= 4 is 23.7 Å². The highest BCUT2D eigenvalue weighted by molar-refractivity contribution is 6.33. The highest BCUT2D eigenvalue weighted by atomic mass is 16.5. The Kier molecular flexibility index (Phi) is 5.24. The Morgan fingerprint density at radius 3 is 1.90 bits per heavy atom. The van der Waals surface area contributed by atoms with Crippen LogP contribution in [0.1, 0.15) is 26.2 Å². The summed E-state index contributed by atoms with van der Waals surface area (Å²) >= 11 is 0. The largest absolute Gasteiger partial charge is 0.468 e. The zero-order valence-corrected chi connectivity index (χ0v) is 11.8. The summed E-state index contributed by atoms with van der Waals surface area (Å²) in [6.45, 7) is 1.68. The summed E-state index contributed by atoms with van der Waals surface area (Å²) in [5.41, 5.74) is -0.885. The Hall–Kier alpha value is -1.92. The van der Waals surface area contributed by atoms with Crippen LogP contribution in [0.5, 0.6) is 0 Å². The van der Waals surface area contributed by atoms with E-state index in [1.807, 2.05) is 0 Å². The zero-order chi connectivity index (χ0) is 15.3. The van der Waals surface area contributed by atoms with Gasteiger partial charge in [0.2, 0.25) is 5.78 Å². The SMILES string of the molecule is CCOC(=O)C(=O)CC1(C(C(=O)OC)C(=O)OC)CC1. The van der Waals surface area contributed by atoms with Gasteiger partial charge in [-0.05, 0) is 19.8 Å². The molecule has 1 rings (SSSR count). The highest BCUT2D eigenvalue weighted by Gasteiger charge is 2.58. The fourth-order valence-electron chi connectivity index (χ4n) is 2.16. The first-order chi connectivity index (χ1) is 9.41. The first-order valence-corrected chi connectivity index (χ1v) is 6.27. The molecule has 0 aromatic carbocycles. The second-order valence-electron chi connectivity index (χ2n) is 4.66. The molecule has 0 unspecified atom stereocenters. The van der Waals surface area contributed by atoms with Crippen LogP contribution in [0.2, 0.25) is 0 Å². The molecule has 20 heavy (non-hydrogen) atoms. The second-order valence-corrected chi connectivity index (χ2v) is 4.66. The topological polar surface area (TPSA) is 96.0 Å². The van der Waals surface area contributed by atoms with Crippen molar-refractivity contribution in [2.75, 3.05) is 20.8 Å². The summed E-state index contributed by atoms with van der Waals surface area (Å²) in [7, 11) is 2.31. The Morgan fingerprint density at radius 1 is 1.05 bits per heavy atom. The molecule has 0 aromatic heterocycles. The quantitative estimate of drug-likeness (QED) is 0.286. The van der Waals surface area contributed by atoms with E-state index in [0.717, 1.165) is 14.2 Å². The Bertz CT molecular complexity index is 406. The average molecular weight is 286 g/mol. The number of methoxy groups -OCH3 is 2.